The summed E-state index contributed by atoms with van der Waals surface area (Å²) in [4.78, 5) is 2.05. The number of hydrogen-bond donors (Lipinski definition) is 0. The van der Waals surface area contributed by atoms with Crippen molar-refractivity contribution in [2.24, 2.45) is 0 Å². The molecular formula is C8H17NO. The third-order valence-electron chi connectivity index (χ3n) is 1.36. The predicted molar refractivity (Wildman–Crippen MR) is 43.7 cm³/mol. The van der Waals surface area contributed by atoms with Crippen LogP contribution in [0, 0.1) is 0 Å². The Bertz CT molecular complexity index is 91.3. The van der Waals surface area contributed by atoms with Gasteiger partial charge in [0.25, 0.3) is 0 Å². The predicted octanol–water partition coefficient (Wildman–Crippen LogP) is 1.83. The molecule has 0 aliphatic carbocycles. The first-order valence-corrected chi connectivity index (χ1v) is 3.65. The Kier molecular flexibility index (Phi) is 5.03. The molecule has 0 fully saturated rings. The van der Waals surface area contributed by atoms with Gasteiger partial charge < -0.3 is 4.74 Å². The Morgan fingerprint density at radius 2 is 2.20 bits per heavy atom. The Morgan fingerprint density at radius 1 is 1.60 bits per heavy atom. The first kappa shape index (κ1) is 9.50. The molecule has 0 N–H and O–H groups in total. The highest BCUT2D eigenvalue weighted by Gasteiger charge is 2.07. The zero-order valence-corrected chi connectivity index (χ0v) is 7.13. The van der Waals surface area contributed by atoms with E-state index in [9.17, 15) is 0 Å². The first-order chi connectivity index (χ1) is 4.72. The van der Waals surface area contributed by atoms with E-state index in [4.69, 9.17) is 4.74 Å². The summed E-state index contributed by atoms with van der Waals surface area (Å²) in [5.41, 5.74) is 0. The molecule has 0 heterocycles. The van der Waals surface area contributed by atoms with E-state index in [1.807, 2.05) is 19.0 Å². The van der Waals surface area contributed by atoms with Crippen molar-refractivity contribution in [2.45, 2.75) is 26.0 Å². The summed E-state index contributed by atoms with van der Waals surface area (Å²) in [6, 6.07) is 0. The summed E-state index contributed by atoms with van der Waals surface area (Å²) >= 11 is 0. The van der Waals surface area contributed by atoms with Gasteiger partial charge in [-0.05, 0) is 20.5 Å². The third-order valence-corrected chi connectivity index (χ3v) is 1.36. The lowest BCUT2D eigenvalue weighted by Crippen LogP contribution is -2.28. The van der Waals surface area contributed by atoms with Crippen molar-refractivity contribution in [3.63, 3.8) is 0 Å². The van der Waals surface area contributed by atoms with E-state index in [0.717, 1.165) is 12.8 Å². The average Bonchev–Trinajstić information content (AvgIpc) is 1.87. The van der Waals surface area contributed by atoms with Gasteiger partial charge in [-0.25, -0.2) is 0 Å². The molecule has 0 spiro atoms. The Labute approximate surface area is 63.5 Å². The number of nitrogens with zero attached hydrogens (tertiary/aromatic N) is 1. The molecule has 0 aromatic rings. The number of rotatable bonds is 5. The molecule has 0 saturated heterocycles. The molecule has 0 aliphatic rings. The van der Waals surface area contributed by atoms with Crippen LogP contribution in [-0.2, 0) is 4.74 Å². The van der Waals surface area contributed by atoms with Crippen LogP contribution in [0.4, 0.5) is 0 Å². The van der Waals surface area contributed by atoms with Gasteiger partial charge in [-0.1, -0.05) is 19.9 Å². The summed E-state index contributed by atoms with van der Waals surface area (Å²) in [6.45, 7) is 5.66. The van der Waals surface area contributed by atoms with E-state index in [0.29, 0.717) is 0 Å². The van der Waals surface area contributed by atoms with Crippen LogP contribution in [0.1, 0.15) is 19.8 Å². The summed E-state index contributed by atoms with van der Waals surface area (Å²) in [7, 11) is 4.01. The van der Waals surface area contributed by atoms with Gasteiger partial charge in [-0.2, -0.15) is 0 Å². The van der Waals surface area contributed by atoms with Gasteiger partial charge in [-0.15, -0.1) is 0 Å². The van der Waals surface area contributed by atoms with Gasteiger partial charge in [0, 0.05) is 0 Å². The van der Waals surface area contributed by atoms with Gasteiger partial charge in [0.2, 0.25) is 0 Å². The SMILES string of the molecule is C=COC(CCC)N(C)C. The maximum atomic E-state index is 5.23. The summed E-state index contributed by atoms with van der Waals surface area (Å²) in [5, 5.41) is 0. The van der Waals surface area contributed by atoms with Crippen LogP contribution in [0.25, 0.3) is 0 Å². The van der Waals surface area contributed by atoms with Crippen LogP contribution in [0.15, 0.2) is 12.8 Å². The molecule has 0 rings (SSSR count). The fourth-order valence-corrected chi connectivity index (χ4v) is 0.806. The molecule has 1 unspecified atom stereocenters. The molecule has 2 heteroatoms. The minimum absolute atomic E-state index is 0.197. The normalized spacial score (nSPS) is 13.2. The fraction of sp³-hybridized carbons (Fsp3) is 0.750. The van der Waals surface area contributed by atoms with Gasteiger partial charge in [-0.3, -0.25) is 4.90 Å². The van der Waals surface area contributed by atoms with Crippen molar-refractivity contribution in [1.82, 2.24) is 4.90 Å². The minimum atomic E-state index is 0.197. The highest BCUT2D eigenvalue weighted by atomic mass is 16.5. The van der Waals surface area contributed by atoms with Crippen LogP contribution < -0.4 is 0 Å². The van der Waals surface area contributed by atoms with Crippen LogP contribution >= 0.6 is 0 Å². The van der Waals surface area contributed by atoms with Gasteiger partial charge in [0.05, 0.1) is 6.26 Å². The zero-order chi connectivity index (χ0) is 7.98. The van der Waals surface area contributed by atoms with E-state index in [1.165, 1.54) is 6.26 Å². The van der Waals surface area contributed by atoms with E-state index >= 15 is 0 Å². The van der Waals surface area contributed by atoms with Crippen LogP contribution in [-0.4, -0.2) is 25.2 Å². The quantitative estimate of drug-likeness (QED) is 0.430. The molecule has 0 radical (unpaired) electrons. The van der Waals surface area contributed by atoms with E-state index in [2.05, 4.69) is 13.5 Å². The van der Waals surface area contributed by atoms with Crippen LogP contribution in [0.3, 0.4) is 0 Å². The molecule has 2 nitrogen and oxygen atoms in total. The topological polar surface area (TPSA) is 12.5 Å². The van der Waals surface area contributed by atoms with Gasteiger partial charge in [0.15, 0.2) is 6.23 Å². The second-order valence-corrected chi connectivity index (χ2v) is 2.51. The average molecular weight is 143 g/mol. The highest BCUT2D eigenvalue weighted by Crippen LogP contribution is 2.04. The standard InChI is InChI=1S/C8H17NO/c1-5-7-8(9(3)4)10-6-2/h6,8H,2,5,7H2,1,3-4H3. The molecule has 10 heavy (non-hydrogen) atoms. The van der Waals surface area contributed by atoms with Crippen LogP contribution in [0.2, 0.25) is 0 Å². The van der Waals surface area contributed by atoms with E-state index in [1.54, 1.807) is 0 Å². The van der Waals surface area contributed by atoms with Crippen LogP contribution in [0.5, 0.6) is 0 Å². The van der Waals surface area contributed by atoms with E-state index in [-0.39, 0.29) is 6.23 Å². The Hall–Kier alpha value is -0.500. The molecular weight excluding hydrogens is 126 g/mol. The van der Waals surface area contributed by atoms with Crippen molar-refractivity contribution in [3.05, 3.63) is 12.8 Å². The fourth-order valence-electron chi connectivity index (χ4n) is 0.806. The largest absolute Gasteiger partial charge is 0.483 e. The molecule has 0 saturated carbocycles. The third kappa shape index (κ3) is 3.51. The van der Waals surface area contributed by atoms with Crippen molar-refractivity contribution >= 4 is 0 Å². The van der Waals surface area contributed by atoms with Crippen molar-refractivity contribution in [3.8, 4) is 0 Å². The maximum Gasteiger partial charge on any atom is 0.151 e. The van der Waals surface area contributed by atoms with Crippen molar-refractivity contribution < 1.29 is 4.74 Å². The molecule has 1 atom stereocenters. The van der Waals surface area contributed by atoms with E-state index < -0.39 is 0 Å². The molecule has 60 valence electrons. The number of ether oxygens (including phenoxy) is 1. The summed E-state index contributed by atoms with van der Waals surface area (Å²) in [5.74, 6) is 0. The van der Waals surface area contributed by atoms with Gasteiger partial charge in [0.1, 0.15) is 0 Å². The lowest BCUT2D eigenvalue weighted by molar-refractivity contribution is 0.0179. The molecule has 0 amide bonds. The molecule has 0 aliphatic heterocycles. The molecule has 0 aromatic carbocycles. The lowest BCUT2D eigenvalue weighted by atomic mass is 10.3. The number of hydrogen-bond acceptors (Lipinski definition) is 2. The second kappa shape index (κ2) is 5.30. The second-order valence-electron chi connectivity index (χ2n) is 2.51. The summed E-state index contributed by atoms with van der Waals surface area (Å²) < 4.78 is 5.23. The summed E-state index contributed by atoms with van der Waals surface area (Å²) in [6.07, 6.45) is 3.89. The molecule has 0 aromatic heterocycles. The first-order valence-electron chi connectivity index (χ1n) is 3.65. The lowest BCUT2D eigenvalue weighted by Gasteiger charge is -2.22. The Morgan fingerprint density at radius 3 is 2.50 bits per heavy atom. The highest BCUT2D eigenvalue weighted by molar-refractivity contribution is 4.58. The zero-order valence-electron chi connectivity index (χ0n) is 7.13. The van der Waals surface area contributed by atoms with Crippen molar-refractivity contribution in [2.75, 3.05) is 14.1 Å². The Balaban J connectivity index is 3.60. The van der Waals surface area contributed by atoms with Gasteiger partial charge >= 0.3 is 0 Å². The maximum absolute atomic E-state index is 5.23. The molecule has 0 bridgehead atoms. The minimum Gasteiger partial charge on any atom is -0.483 e. The van der Waals surface area contributed by atoms with Crippen molar-refractivity contribution in [1.29, 1.82) is 0 Å². The smallest absolute Gasteiger partial charge is 0.151 e. The monoisotopic (exact) mass is 143 g/mol.